The maximum Gasteiger partial charge on any atom is 0.358 e. The Hall–Kier alpha value is -3.08. The number of nitrogens with zero attached hydrogens (tertiary/aromatic N) is 1. The average Bonchev–Trinajstić information content (AvgIpc) is 2.58. The molecule has 0 unspecified atom stereocenters. The first-order chi connectivity index (χ1) is 12.7. The van der Waals surface area contributed by atoms with Gasteiger partial charge in [-0.25, -0.2) is 4.79 Å². The van der Waals surface area contributed by atoms with Gasteiger partial charge in [-0.3, -0.25) is 14.5 Å². The molecule has 0 aromatic heterocycles. The van der Waals surface area contributed by atoms with Gasteiger partial charge in [0.05, 0.1) is 18.7 Å². The standard InChI is InChI=1S/C16H17N3O7S/c1-27(24,25)26-14-13(16(22)23)19-10(8-17-14)12(15(19)21)18-11(20)7-9-5-3-2-4-6-9/h2-6,10,12,17H,7-8H2,1H3,(H,18,20)(H,22,23)/t10-,12+/m0/s1. The third-order valence-corrected chi connectivity index (χ3v) is 4.58. The highest BCUT2D eigenvalue weighted by Crippen LogP contribution is 2.31. The minimum absolute atomic E-state index is 0.0314. The molecule has 2 amide bonds. The number of hydrogen-bond acceptors (Lipinski definition) is 7. The molecule has 0 bridgehead atoms. The van der Waals surface area contributed by atoms with Crippen LogP contribution in [0.4, 0.5) is 0 Å². The second-order valence-electron chi connectivity index (χ2n) is 6.13. The molecule has 1 aromatic carbocycles. The van der Waals surface area contributed by atoms with E-state index >= 15 is 0 Å². The van der Waals surface area contributed by atoms with Gasteiger partial charge in [0, 0.05) is 6.54 Å². The predicted octanol–water partition coefficient (Wildman–Crippen LogP) is -1.24. The average molecular weight is 395 g/mol. The largest absolute Gasteiger partial charge is 0.476 e. The first-order valence-electron chi connectivity index (χ1n) is 7.94. The monoisotopic (exact) mass is 395 g/mol. The summed E-state index contributed by atoms with van der Waals surface area (Å²) in [6, 6.07) is 7.39. The van der Waals surface area contributed by atoms with Crippen molar-refractivity contribution in [2.24, 2.45) is 0 Å². The molecule has 0 radical (unpaired) electrons. The summed E-state index contributed by atoms with van der Waals surface area (Å²) >= 11 is 0. The molecule has 1 fully saturated rings. The van der Waals surface area contributed by atoms with E-state index in [1.807, 2.05) is 6.07 Å². The van der Waals surface area contributed by atoms with E-state index in [4.69, 9.17) is 0 Å². The molecule has 2 aliphatic heterocycles. The minimum atomic E-state index is -3.98. The van der Waals surface area contributed by atoms with Crippen molar-refractivity contribution in [2.45, 2.75) is 18.5 Å². The van der Waals surface area contributed by atoms with Gasteiger partial charge in [-0.2, -0.15) is 8.42 Å². The van der Waals surface area contributed by atoms with E-state index in [0.29, 0.717) is 0 Å². The molecule has 2 atom stereocenters. The van der Waals surface area contributed by atoms with Crippen molar-refractivity contribution in [2.75, 3.05) is 12.8 Å². The molecule has 0 saturated carbocycles. The first kappa shape index (κ1) is 18.7. The summed E-state index contributed by atoms with van der Waals surface area (Å²) in [5.41, 5.74) is 0.172. The van der Waals surface area contributed by atoms with Crippen LogP contribution in [-0.4, -0.2) is 61.1 Å². The van der Waals surface area contributed by atoms with Crippen LogP contribution < -0.4 is 10.6 Å². The van der Waals surface area contributed by atoms with Crippen LogP contribution >= 0.6 is 0 Å². The lowest BCUT2D eigenvalue weighted by Crippen LogP contribution is -2.75. The molecular weight excluding hydrogens is 378 g/mol. The number of amides is 2. The number of benzene rings is 1. The first-order valence-corrected chi connectivity index (χ1v) is 9.76. The third kappa shape index (κ3) is 3.87. The Bertz CT molecular complexity index is 927. The van der Waals surface area contributed by atoms with Crippen LogP contribution in [0.25, 0.3) is 0 Å². The van der Waals surface area contributed by atoms with E-state index in [9.17, 15) is 27.9 Å². The number of carbonyl (C=O) groups is 3. The second-order valence-corrected chi connectivity index (χ2v) is 7.71. The summed E-state index contributed by atoms with van der Waals surface area (Å²) in [4.78, 5) is 37.0. The Morgan fingerprint density at radius 3 is 2.59 bits per heavy atom. The lowest BCUT2D eigenvalue weighted by Gasteiger charge is -2.49. The van der Waals surface area contributed by atoms with Crippen LogP contribution in [0.15, 0.2) is 41.9 Å². The second kappa shape index (κ2) is 6.91. The van der Waals surface area contributed by atoms with Gasteiger partial charge < -0.3 is 19.9 Å². The van der Waals surface area contributed by atoms with Crippen molar-refractivity contribution in [3.05, 3.63) is 47.5 Å². The maximum atomic E-state index is 12.4. The van der Waals surface area contributed by atoms with Gasteiger partial charge in [-0.05, 0) is 5.56 Å². The van der Waals surface area contributed by atoms with Crippen LogP contribution in [0.1, 0.15) is 5.56 Å². The van der Waals surface area contributed by atoms with E-state index in [-0.39, 0.29) is 18.9 Å². The molecule has 1 aromatic rings. The summed E-state index contributed by atoms with van der Waals surface area (Å²) < 4.78 is 27.2. The highest BCUT2D eigenvalue weighted by molar-refractivity contribution is 7.86. The number of carboxylic acid groups (broad SMARTS) is 1. The van der Waals surface area contributed by atoms with Gasteiger partial charge in [0.1, 0.15) is 6.04 Å². The van der Waals surface area contributed by atoms with Gasteiger partial charge in [0.2, 0.25) is 11.8 Å². The Kier molecular flexibility index (Phi) is 4.79. The van der Waals surface area contributed by atoms with E-state index in [0.717, 1.165) is 16.7 Å². The summed E-state index contributed by atoms with van der Waals surface area (Å²) in [6.07, 6.45) is 0.840. The number of rotatable bonds is 6. The smallest absolute Gasteiger partial charge is 0.358 e. The fraction of sp³-hybridized carbons (Fsp3) is 0.312. The van der Waals surface area contributed by atoms with Crippen molar-refractivity contribution in [1.29, 1.82) is 0 Å². The number of carbonyl (C=O) groups excluding carboxylic acids is 2. The van der Waals surface area contributed by atoms with Gasteiger partial charge in [-0.1, -0.05) is 30.3 Å². The molecule has 3 rings (SSSR count). The maximum absolute atomic E-state index is 12.4. The highest BCUT2D eigenvalue weighted by Gasteiger charge is 2.54. The lowest BCUT2D eigenvalue weighted by molar-refractivity contribution is -0.156. The van der Waals surface area contributed by atoms with E-state index < -0.39 is 45.7 Å². The highest BCUT2D eigenvalue weighted by atomic mass is 32.2. The fourth-order valence-corrected chi connectivity index (χ4v) is 3.45. The quantitative estimate of drug-likeness (QED) is 0.401. The van der Waals surface area contributed by atoms with Crippen molar-refractivity contribution in [1.82, 2.24) is 15.5 Å². The zero-order chi connectivity index (χ0) is 19.8. The zero-order valence-corrected chi connectivity index (χ0v) is 15.0. The summed E-state index contributed by atoms with van der Waals surface area (Å²) in [5.74, 6) is -3.06. The SMILES string of the molecule is CS(=O)(=O)OC1=C(C(=O)O)N2C(=O)[C@H](NC(=O)Cc3ccccc3)[C@@H]2CN1. The lowest BCUT2D eigenvalue weighted by atomic mass is 9.91. The number of hydrogen-bond donors (Lipinski definition) is 3. The molecule has 144 valence electrons. The van der Waals surface area contributed by atoms with Crippen LogP contribution in [0.5, 0.6) is 0 Å². The number of carboxylic acids is 1. The van der Waals surface area contributed by atoms with E-state index in [2.05, 4.69) is 14.8 Å². The molecule has 2 heterocycles. The van der Waals surface area contributed by atoms with Crippen LogP contribution in [-0.2, 0) is 35.1 Å². The third-order valence-electron chi connectivity index (χ3n) is 4.11. The molecule has 27 heavy (non-hydrogen) atoms. The fourth-order valence-electron chi connectivity index (χ4n) is 3.00. The molecular formula is C16H17N3O7S. The van der Waals surface area contributed by atoms with Crippen molar-refractivity contribution in [3.63, 3.8) is 0 Å². The topological polar surface area (TPSA) is 142 Å². The molecule has 2 aliphatic rings. The number of fused-ring (bicyclic) bond motifs is 1. The number of nitrogens with one attached hydrogen (secondary N) is 2. The Morgan fingerprint density at radius 2 is 2.00 bits per heavy atom. The normalized spacial score (nSPS) is 21.7. The molecule has 0 aliphatic carbocycles. The van der Waals surface area contributed by atoms with Gasteiger partial charge in [-0.15, -0.1) is 0 Å². The Morgan fingerprint density at radius 1 is 1.33 bits per heavy atom. The summed E-state index contributed by atoms with van der Waals surface area (Å²) in [5, 5.41) is 14.5. The van der Waals surface area contributed by atoms with Crippen LogP contribution in [0, 0.1) is 0 Å². The molecule has 11 heteroatoms. The summed E-state index contributed by atoms with van der Waals surface area (Å²) in [7, 11) is -3.98. The van der Waals surface area contributed by atoms with E-state index in [1.165, 1.54) is 0 Å². The van der Waals surface area contributed by atoms with Crippen LogP contribution in [0.3, 0.4) is 0 Å². The summed E-state index contributed by atoms with van der Waals surface area (Å²) in [6.45, 7) is 0.0314. The van der Waals surface area contributed by atoms with E-state index in [1.54, 1.807) is 24.3 Å². The predicted molar refractivity (Wildman–Crippen MR) is 91.3 cm³/mol. The van der Waals surface area contributed by atoms with Crippen molar-refractivity contribution >= 4 is 27.9 Å². The van der Waals surface area contributed by atoms with Crippen LogP contribution in [0.2, 0.25) is 0 Å². The Labute approximate surface area is 154 Å². The van der Waals surface area contributed by atoms with Crippen molar-refractivity contribution < 1.29 is 32.1 Å². The van der Waals surface area contributed by atoms with Gasteiger partial charge in [0.15, 0.2) is 5.70 Å². The Balaban J connectivity index is 1.73. The zero-order valence-electron chi connectivity index (χ0n) is 14.2. The molecule has 0 spiro atoms. The van der Waals surface area contributed by atoms with Gasteiger partial charge in [0.25, 0.3) is 5.91 Å². The minimum Gasteiger partial charge on any atom is -0.476 e. The molecule has 3 N–H and O–H groups in total. The molecule has 10 nitrogen and oxygen atoms in total. The number of β-lactam (4-membered cyclic amide) rings is 1. The van der Waals surface area contributed by atoms with Gasteiger partial charge >= 0.3 is 16.1 Å². The number of aliphatic carboxylic acids is 1. The molecule has 1 saturated heterocycles. The van der Waals surface area contributed by atoms with Crippen molar-refractivity contribution in [3.8, 4) is 0 Å².